The summed E-state index contributed by atoms with van der Waals surface area (Å²) in [6, 6.07) is 46.5. The molecule has 0 bridgehead atoms. The Morgan fingerprint density at radius 3 is 1.80 bits per heavy atom. The monoisotopic (exact) mass is 523 g/mol. The topological polar surface area (TPSA) is 46.8 Å². The zero-order chi connectivity index (χ0) is 27.1. The summed E-state index contributed by atoms with van der Waals surface area (Å²) in [6.45, 7) is 0. The van der Waals surface area contributed by atoms with Crippen molar-refractivity contribution in [2.45, 2.75) is 0 Å². The van der Waals surface area contributed by atoms with Gasteiger partial charge < -0.3 is 13.6 Å². The Labute approximate surface area is 234 Å². The molecule has 9 rings (SSSR count). The molecule has 0 radical (unpaired) electrons. The molecule has 0 unspecified atom stereocenters. The molecular weight excluding hydrogens is 502 g/mol. The van der Waals surface area contributed by atoms with Crippen molar-refractivity contribution in [1.82, 2.24) is 9.13 Å². The molecule has 190 valence electrons. The maximum atomic E-state index is 9.71. The minimum atomic E-state index is 0.638. The molecule has 6 aromatic carbocycles. The molecule has 0 amide bonds. The molecule has 0 spiro atoms. The Morgan fingerprint density at radius 2 is 1.12 bits per heavy atom. The minimum absolute atomic E-state index is 0.638. The number of benzene rings is 6. The van der Waals surface area contributed by atoms with Gasteiger partial charge in [0.05, 0.1) is 44.8 Å². The van der Waals surface area contributed by atoms with Crippen LogP contribution in [0.5, 0.6) is 0 Å². The van der Waals surface area contributed by atoms with Crippen LogP contribution in [-0.4, -0.2) is 9.13 Å². The number of para-hydroxylation sites is 3. The maximum absolute atomic E-state index is 9.71. The summed E-state index contributed by atoms with van der Waals surface area (Å²) < 4.78 is 11.0. The minimum Gasteiger partial charge on any atom is -0.456 e. The summed E-state index contributed by atoms with van der Waals surface area (Å²) in [5, 5.41) is 16.6. The van der Waals surface area contributed by atoms with Crippen LogP contribution in [0.1, 0.15) is 5.56 Å². The van der Waals surface area contributed by atoms with Crippen molar-refractivity contribution < 1.29 is 4.42 Å². The predicted octanol–water partition coefficient (Wildman–Crippen LogP) is 9.65. The number of hydrogen-bond donors (Lipinski definition) is 0. The largest absolute Gasteiger partial charge is 0.456 e. The van der Waals surface area contributed by atoms with Crippen molar-refractivity contribution in [2.75, 3.05) is 0 Å². The number of rotatable bonds is 2. The van der Waals surface area contributed by atoms with E-state index in [2.05, 4.69) is 118 Å². The Kier molecular flexibility index (Phi) is 4.37. The van der Waals surface area contributed by atoms with Gasteiger partial charge in [0.15, 0.2) is 0 Å². The molecule has 4 heteroatoms. The van der Waals surface area contributed by atoms with Crippen molar-refractivity contribution in [3.8, 4) is 17.4 Å². The van der Waals surface area contributed by atoms with Gasteiger partial charge in [-0.1, -0.05) is 66.7 Å². The van der Waals surface area contributed by atoms with Gasteiger partial charge in [0.1, 0.15) is 11.2 Å². The third kappa shape index (κ3) is 2.98. The van der Waals surface area contributed by atoms with Gasteiger partial charge in [-0.05, 0) is 60.7 Å². The second kappa shape index (κ2) is 8.11. The Morgan fingerprint density at radius 1 is 0.488 bits per heavy atom. The normalized spacial score (nSPS) is 11.9. The summed E-state index contributed by atoms with van der Waals surface area (Å²) in [5.41, 5.74) is 8.88. The summed E-state index contributed by atoms with van der Waals surface area (Å²) >= 11 is 0. The number of aromatic nitrogens is 2. The van der Waals surface area contributed by atoms with Crippen LogP contribution in [0.3, 0.4) is 0 Å². The number of fused-ring (bicyclic) bond motifs is 9. The Hall–Kier alpha value is -5.79. The van der Waals surface area contributed by atoms with E-state index in [0.717, 1.165) is 55.1 Å². The van der Waals surface area contributed by atoms with Gasteiger partial charge in [0.25, 0.3) is 0 Å². The first kappa shape index (κ1) is 22.1. The Bertz CT molecular complexity index is 2500. The standard InChI is InChI=1S/C37H21N3O/c38-22-23-16-18-28-27-10-3-6-13-32(27)40(34(28)20-23)33-14-7-15-36-37(33)29-21-24(17-19-35(29)41-36)39-30-11-4-1-8-25(30)26-9-2-5-12-31(26)39/h1-21H. The van der Waals surface area contributed by atoms with E-state index in [1.54, 1.807) is 0 Å². The maximum Gasteiger partial charge on any atom is 0.137 e. The zero-order valence-electron chi connectivity index (χ0n) is 21.9. The van der Waals surface area contributed by atoms with Crippen molar-refractivity contribution in [3.05, 3.63) is 133 Å². The second-order valence-corrected chi connectivity index (χ2v) is 10.5. The van der Waals surface area contributed by atoms with Gasteiger partial charge in [-0.2, -0.15) is 5.26 Å². The van der Waals surface area contributed by atoms with E-state index in [9.17, 15) is 5.26 Å². The molecule has 3 heterocycles. The SMILES string of the molecule is N#Cc1ccc2c3ccccc3n(-c3cccc4oc5ccc(-n6c7ccccc7c7ccccc76)cc5c34)c2c1. The van der Waals surface area contributed by atoms with E-state index < -0.39 is 0 Å². The second-order valence-electron chi connectivity index (χ2n) is 10.5. The van der Waals surface area contributed by atoms with E-state index in [1.165, 1.54) is 21.8 Å². The third-order valence-corrected chi connectivity index (χ3v) is 8.34. The quantitative estimate of drug-likeness (QED) is 0.226. The van der Waals surface area contributed by atoms with Crippen LogP contribution in [0, 0.1) is 11.3 Å². The van der Waals surface area contributed by atoms with Crippen LogP contribution in [0.25, 0.3) is 76.9 Å². The molecular formula is C37H21N3O. The fraction of sp³-hybridized carbons (Fsp3) is 0. The number of furan rings is 1. The fourth-order valence-electron chi connectivity index (χ4n) is 6.62. The average molecular weight is 524 g/mol. The molecule has 0 saturated heterocycles. The average Bonchev–Trinajstić information content (AvgIpc) is 3.68. The summed E-state index contributed by atoms with van der Waals surface area (Å²) in [4.78, 5) is 0. The van der Waals surface area contributed by atoms with Gasteiger partial charge in [0.2, 0.25) is 0 Å². The molecule has 0 aliphatic rings. The van der Waals surface area contributed by atoms with E-state index in [1.807, 2.05) is 24.3 Å². The lowest BCUT2D eigenvalue weighted by molar-refractivity contribution is 0.669. The van der Waals surface area contributed by atoms with Crippen LogP contribution in [0.15, 0.2) is 132 Å². The summed E-state index contributed by atoms with van der Waals surface area (Å²) in [5.74, 6) is 0. The molecule has 0 N–H and O–H groups in total. The van der Waals surface area contributed by atoms with E-state index in [-0.39, 0.29) is 0 Å². The number of nitrogens with zero attached hydrogens (tertiary/aromatic N) is 3. The molecule has 41 heavy (non-hydrogen) atoms. The first-order chi connectivity index (χ1) is 20.3. The van der Waals surface area contributed by atoms with Crippen LogP contribution in [0.2, 0.25) is 0 Å². The van der Waals surface area contributed by atoms with Gasteiger partial charge in [-0.25, -0.2) is 0 Å². The van der Waals surface area contributed by atoms with Crippen molar-refractivity contribution in [2.24, 2.45) is 0 Å². The highest BCUT2D eigenvalue weighted by Crippen LogP contribution is 2.40. The van der Waals surface area contributed by atoms with Crippen molar-refractivity contribution in [3.63, 3.8) is 0 Å². The number of nitriles is 1. The molecule has 0 fully saturated rings. The molecule has 3 aromatic heterocycles. The molecule has 4 nitrogen and oxygen atoms in total. The van der Waals surface area contributed by atoms with Gasteiger partial charge in [-0.3, -0.25) is 0 Å². The van der Waals surface area contributed by atoms with Crippen molar-refractivity contribution >= 4 is 65.6 Å². The summed E-state index contributed by atoms with van der Waals surface area (Å²) in [7, 11) is 0. The molecule has 0 aliphatic carbocycles. The third-order valence-electron chi connectivity index (χ3n) is 8.34. The zero-order valence-corrected chi connectivity index (χ0v) is 21.9. The van der Waals surface area contributed by atoms with E-state index in [0.29, 0.717) is 5.56 Å². The lowest BCUT2D eigenvalue weighted by Gasteiger charge is -2.11. The molecule has 0 saturated carbocycles. The van der Waals surface area contributed by atoms with Gasteiger partial charge >= 0.3 is 0 Å². The highest BCUT2D eigenvalue weighted by Gasteiger charge is 2.19. The number of hydrogen-bond acceptors (Lipinski definition) is 2. The van der Waals surface area contributed by atoms with Crippen LogP contribution >= 0.6 is 0 Å². The predicted molar refractivity (Wildman–Crippen MR) is 167 cm³/mol. The van der Waals surface area contributed by atoms with Gasteiger partial charge in [0, 0.05) is 32.6 Å². The summed E-state index contributed by atoms with van der Waals surface area (Å²) in [6.07, 6.45) is 0. The smallest absolute Gasteiger partial charge is 0.137 e. The highest BCUT2D eigenvalue weighted by atomic mass is 16.3. The fourth-order valence-corrected chi connectivity index (χ4v) is 6.62. The van der Waals surface area contributed by atoms with Crippen molar-refractivity contribution in [1.29, 1.82) is 5.26 Å². The van der Waals surface area contributed by atoms with Crippen LogP contribution in [-0.2, 0) is 0 Å². The first-order valence-electron chi connectivity index (χ1n) is 13.7. The lowest BCUT2D eigenvalue weighted by atomic mass is 10.1. The van der Waals surface area contributed by atoms with E-state index >= 15 is 0 Å². The van der Waals surface area contributed by atoms with Crippen LogP contribution < -0.4 is 0 Å². The lowest BCUT2D eigenvalue weighted by Crippen LogP contribution is -1.96. The highest BCUT2D eigenvalue weighted by molar-refractivity contribution is 6.15. The molecule has 0 atom stereocenters. The van der Waals surface area contributed by atoms with E-state index in [4.69, 9.17) is 4.42 Å². The Balaban J connectivity index is 1.40. The molecule has 0 aliphatic heterocycles. The molecule has 9 aromatic rings. The van der Waals surface area contributed by atoms with Gasteiger partial charge in [-0.15, -0.1) is 0 Å². The first-order valence-corrected chi connectivity index (χ1v) is 13.7. The van der Waals surface area contributed by atoms with Crippen LogP contribution in [0.4, 0.5) is 0 Å².